The SMILES string of the molecule is CC(C)CCCCCCCCCC=CC(=O)O. The Morgan fingerprint density at radius 3 is 2.06 bits per heavy atom. The number of hydrogen-bond acceptors (Lipinski definition) is 1. The van der Waals surface area contributed by atoms with Crippen LogP contribution in [0, 0.1) is 5.92 Å². The van der Waals surface area contributed by atoms with Crippen LogP contribution in [-0.4, -0.2) is 11.1 Å². The molecule has 100 valence electrons. The molecule has 0 rings (SSSR count). The number of carboxylic acid groups (broad SMARTS) is 1. The van der Waals surface area contributed by atoms with Gasteiger partial charge in [0.05, 0.1) is 0 Å². The maximum atomic E-state index is 10.2. The van der Waals surface area contributed by atoms with Gasteiger partial charge in [-0.15, -0.1) is 0 Å². The number of carbonyl (C=O) groups is 1. The number of rotatable bonds is 11. The second-order valence-corrected chi connectivity index (χ2v) is 5.19. The highest BCUT2D eigenvalue weighted by molar-refractivity contribution is 5.79. The van der Waals surface area contributed by atoms with Crippen LogP contribution in [0.5, 0.6) is 0 Å². The van der Waals surface area contributed by atoms with E-state index >= 15 is 0 Å². The van der Waals surface area contributed by atoms with Crippen LogP contribution in [0.1, 0.15) is 71.6 Å². The summed E-state index contributed by atoms with van der Waals surface area (Å²) in [5.74, 6) is 0.00572. The number of carboxylic acids is 1. The van der Waals surface area contributed by atoms with E-state index in [1.807, 2.05) is 0 Å². The fourth-order valence-electron chi connectivity index (χ4n) is 1.88. The van der Waals surface area contributed by atoms with Crippen molar-refractivity contribution < 1.29 is 9.90 Å². The first kappa shape index (κ1) is 16.2. The molecular weight excluding hydrogens is 212 g/mol. The van der Waals surface area contributed by atoms with Crippen LogP contribution in [0.3, 0.4) is 0 Å². The molecule has 0 fully saturated rings. The fraction of sp³-hybridized carbons (Fsp3) is 0.800. The first-order chi connectivity index (χ1) is 8.13. The van der Waals surface area contributed by atoms with E-state index in [1.165, 1.54) is 51.0 Å². The van der Waals surface area contributed by atoms with E-state index in [-0.39, 0.29) is 0 Å². The molecule has 0 aromatic rings. The van der Waals surface area contributed by atoms with E-state index < -0.39 is 5.97 Å². The second-order valence-electron chi connectivity index (χ2n) is 5.19. The zero-order chi connectivity index (χ0) is 12.9. The van der Waals surface area contributed by atoms with Crippen LogP contribution in [0.2, 0.25) is 0 Å². The Hall–Kier alpha value is -0.790. The zero-order valence-electron chi connectivity index (χ0n) is 11.5. The number of allylic oxidation sites excluding steroid dienone is 1. The quantitative estimate of drug-likeness (QED) is 0.416. The number of unbranched alkanes of at least 4 members (excludes halogenated alkanes) is 7. The van der Waals surface area contributed by atoms with Crippen molar-refractivity contribution in [3.05, 3.63) is 12.2 Å². The van der Waals surface area contributed by atoms with Crippen molar-refractivity contribution in [3.63, 3.8) is 0 Å². The van der Waals surface area contributed by atoms with Crippen LogP contribution >= 0.6 is 0 Å². The molecule has 0 saturated heterocycles. The number of aliphatic carboxylic acids is 1. The van der Waals surface area contributed by atoms with Crippen LogP contribution in [0.15, 0.2) is 12.2 Å². The predicted octanol–water partition coefficient (Wildman–Crippen LogP) is 4.79. The van der Waals surface area contributed by atoms with Crippen molar-refractivity contribution in [1.82, 2.24) is 0 Å². The molecule has 0 aromatic heterocycles. The minimum absolute atomic E-state index is 0.838. The van der Waals surface area contributed by atoms with E-state index in [2.05, 4.69) is 13.8 Å². The smallest absolute Gasteiger partial charge is 0.327 e. The highest BCUT2D eigenvalue weighted by atomic mass is 16.4. The molecule has 0 aromatic carbocycles. The highest BCUT2D eigenvalue weighted by Gasteiger charge is 1.94. The van der Waals surface area contributed by atoms with Gasteiger partial charge in [-0.05, 0) is 18.8 Å². The number of hydrogen-bond donors (Lipinski definition) is 1. The van der Waals surface area contributed by atoms with Crippen LogP contribution in [0.4, 0.5) is 0 Å². The van der Waals surface area contributed by atoms with Crippen LogP contribution in [0.25, 0.3) is 0 Å². The van der Waals surface area contributed by atoms with E-state index in [9.17, 15) is 4.79 Å². The van der Waals surface area contributed by atoms with Gasteiger partial charge in [0.2, 0.25) is 0 Å². The largest absolute Gasteiger partial charge is 0.478 e. The van der Waals surface area contributed by atoms with Gasteiger partial charge in [0.25, 0.3) is 0 Å². The topological polar surface area (TPSA) is 37.3 Å². The molecule has 0 aliphatic rings. The summed E-state index contributed by atoms with van der Waals surface area (Å²) in [6.07, 6.45) is 14.3. The van der Waals surface area contributed by atoms with Crippen LogP contribution < -0.4 is 0 Å². The maximum absolute atomic E-state index is 10.2. The van der Waals surface area contributed by atoms with E-state index in [0.29, 0.717) is 0 Å². The lowest BCUT2D eigenvalue weighted by Gasteiger charge is -2.04. The molecule has 2 nitrogen and oxygen atoms in total. The van der Waals surface area contributed by atoms with Crippen molar-refractivity contribution in [2.24, 2.45) is 5.92 Å². The molecule has 0 amide bonds. The van der Waals surface area contributed by atoms with Gasteiger partial charge in [-0.2, -0.15) is 0 Å². The molecule has 0 aliphatic heterocycles. The third-order valence-corrected chi connectivity index (χ3v) is 2.91. The van der Waals surface area contributed by atoms with E-state index in [0.717, 1.165) is 18.8 Å². The third-order valence-electron chi connectivity index (χ3n) is 2.91. The van der Waals surface area contributed by atoms with E-state index in [1.54, 1.807) is 6.08 Å². The Kier molecular flexibility index (Phi) is 11.1. The maximum Gasteiger partial charge on any atom is 0.327 e. The molecular formula is C15H28O2. The molecule has 0 saturated carbocycles. The normalized spacial score (nSPS) is 11.5. The zero-order valence-corrected chi connectivity index (χ0v) is 11.5. The average molecular weight is 240 g/mol. The molecule has 0 heterocycles. The van der Waals surface area contributed by atoms with Gasteiger partial charge in [0, 0.05) is 6.08 Å². The van der Waals surface area contributed by atoms with Gasteiger partial charge < -0.3 is 5.11 Å². The first-order valence-corrected chi connectivity index (χ1v) is 7.02. The minimum Gasteiger partial charge on any atom is -0.478 e. The van der Waals surface area contributed by atoms with Crippen molar-refractivity contribution in [1.29, 1.82) is 0 Å². The fourth-order valence-corrected chi connectivity index (χ4v) is 1.88. The summed E-state index contributed by atoms with van der Waals surface area (Å²) in [4.78, 5) is 10.2. The molecule has 0 aliphatic carbocycles. The van der Waals surface area contributed by atoms with Gasteiger partial charge in [0.1, 0.15) is 0 Å². The van der Waals surface area contributed by atoms with E-state index in [4.69, 9.17) is 5.11 Å². The van der Waals surface area contributed by atoms with Gasteiger partial charge in [-0.25, -0.2) is 4.79 Å². The molecule has 0 unspecified atom stereocenters. The van der Waals surface area contributed by atoms with Gasteiger partial charge in [-0.1, -0.05) is 64.9 Å². The summed E-state index contributed by atoms with van der Waals surface area (Å²) in [7, 11) is 0. The molecule has 2 heteroatoms. The summed E-state index contributed by atoms with van der Waals surface area (Å²) in [6.45, 7) is 4.56. The molecule has 0 spiro atoms. The lowest BCUT2D eigenvalue weighted by atomic mass is 10.0. The molecule has 0 bridgehead atoms. The molecule has 17 heavy (non-hydrogen) atoms. The van der Waals surface area contributed by atoms with Gasteiger partial charge >= 0.3 is 5.97 Å². The average Bonchev–Trinajstić information content (AvgIpc) is 2.25. The predicted molar refractivity (Wildman–Crippen MR) is 73.2 cm³/mol. The second kappa shape index (κ2) is 11.7. The molecule has 0 atom stereocenters. The Morgan fingerprint density at radius 1 is 1.00 bits per heavy atom. The monoisotopic (exact) mass is 240 g/mol. The Labute approximate surface area is 106 Å². The third kappa shape index (κ3) is 15.2. The molecule has 0 radical (unpaired) electrons. The Morgan fingerprint density at radius 2 is 1.53 bits per heavy atom. The first-order valence-electron chi connectivity index (χ1n) is 7.02. The van der Waals surface area contributed by atoms with Gasteiger partial charge in [0.15, 0.2) is 0 Å². The standard InChI is InChI=1S/C15H28O2/c1-14(2)12-10-8-6-4-3-5-7-9-11-13-15(16)17/h11,13-14H,3-10,12H2,1-2H3,(H,16,17). The molecule has 1 N–H and O–H groups in total. The minimum atomic E-state index is -0.838. The Balaban J connectivity index is 3.06. The Bertz CT molecular complexity index is 207. The summed E-state index contributed by atoms with van der Waals surface area (Å²) in [6, 6.07) is 0. The van der Waals surface area contributed by atoms with Crippen molar-refractivity contribution in [2.75, 3.05) is 0 Å². The highest BCUT2D eigenvalue weighted by Crippen LogP contribution is 2.12. The van der Waals surface area contributed by atoms with Crippen LogP contribution in [-0.2, 0) is 4.79 Å². The van der Waals surface area contributed by atoms with Crippen molar-refractivity contribution in [2.45, 2.75) is 71.6 Å². The van der Waals surface area contributed by atoms with Crippen molar-refractivity contribution >= 4 is 5.97 Å². The summed E-state index contributed by atoms with van der Waals surface area (Å²) >= 11 is 0. The lowest BCUT2D eigenvalue weighted by Crippen LogP contribution is -1.87. The lowest BCUT2D eigenvalue weighted by molar-refractivity contribution is -0.131. The summed E-state index contributed by atoms with van der Waals surface area (Å²) in [5.41, 5.74) is 0. The summed E-state index contributed by atoms with van der Waals surface area (Å²) < 4.78 is 0. The summed E-state index contributed by atoms with van der Waals surface area (Å²) in [5, 5.41) is 8.39. The van der Waals surface area contributed by atoms with Gasteiger partial charge in [-0.3, -0.25) is 0 Å². The van der Waals surface area contributed by atoms with Crippen molar-refractivity contribution in [3.8, 4) is 0 Å².